The van der Waals surface area contributed by atoms with Crippen LogP contribution >= 0.6 is 0 Å². The van der Waals surface area contributed by atoms with Crippen LogP contribution in [0, 0.1) is 11.3 Å². The lowest BCUT2D eigenvalue weighted by atomic mass is 9.90. The van der Waals surface area contributed by atoms with Crippen molar-refractivity contribution in [1.82, 2.24) is 15.6 Å². The molecule has 1 aromatic heterocycles. The normalized spacial score (nSPS) is 28.8. The topological polar surface area (TPSA) is 63.2 Å². The number of carbonyl (C=O) groups is 1. The third-order valence-electron chi connectivity index (χ3n) is 7.06. The van der Waals surface area contributed by atoms with Crippen LogP contribution in [0.25, 0.3) is 10.8 Å². The molecule has 1 spiro atoms. The number of pyridine rings is 1. The summed E-state index contributed by atoms with van der Waals surface area (Å²) in [6, 6.07) is 8.46. The number of aromatic nitrogens is 1. The van der Waals surface area contributed by atoms with Gasteiger partial charge in [-0.15, -0.1) is 0 Å². The number of nitrogens with zero attached hydrogens (tertiary/aromatic N) is 1. The van der Waals surface area contributed by atoms with Gasteiger partial charge in [-0.1, -0.05) is 12.1 Å². The van der Waals surface area contributed by atoms with Crippen LogP contribution in [0.2, 0.25) is 0 Å². The number of carbonyl (C=O) groups excluding carboxylic acids is 1. The lowest BCUT2D eigenvalue weighted by Crippen LogP contribution is -2.41. The van der Waals surface area contributed by atoms with Crippen LogP contribution < -0.4 is 15.4 Å². The fourth-order valence-corrected chi connectivity index (χ4v) is 5.20. The number of nitrogens with one attached hydrogen (secondary N) is 2. The summed E-state index contributed by atoms with van der Waals surface area (Å²) in [4.78, 5) is 16.9. The molecule has 148 valence electrons. The Morgan fingerprint density at radius 1 is 1.14 bits per heavy atom. The van der Waals surface area contributed by atoms with Gasteiger partial charge in [-0.3, -0.25) is 9.78 Å². The standard InChI is InChI=1S/C23H29N3O2/c27-22(20-14-23(20)9-12-24-13-10-23)26-17-4-6-18(7-5-17)28-21-3-1-2-16-15-25-11-8-19(16)21/h1-3,8,11,15,17-18,20,24H,4-7,9-10,12-14H2,(H,26,27). The van der Waals surface area contributed by atoms with E-state index in [0.717, 1.165) is 74.6 Å². The van der Waals surface area contributed by atoms with Crippen molar-refractivity contribution in [2.75, 3.05) is 13.1 Å². The largest absolute Gasteiger partial charge is 0.490 e. The maximum absolute atomic E-state index is 12.7. The highest BCUT2D eigenvalue weighted by Crippen LogP contribution is 2.58. The van der Waals surface area contributed by atoms with Gasteiger partial charge in [-0.05, 0) is 75.6 Å². The number of fused-ring (bicyclic) bond motifs is 1. The molecule has 0 bridgehead atoms. The second kappa shape index (κ2) is 7.36. The van der Waals surface area contributed by atoms with Crippen LogP contribution in [0.4, 0.5) is 0 Å². The monoisotopic (exact) mass is 379 g/mol. The molecule has 2 N–H and O–H groups in total. The first kappa shape index (κ1) is 17.9. The molecule has 3 fully saturated rings. The molecule has 1 amide bonds. The SMILES string of the molecule is O=C(NC1CCC(Oc2cccc3cnccc23)CC1)C1CC12CCNCC2. The average molecular weight is 380 g/mol. The van der Waals surface area contributed by atoms with E-state index in [4.69, 9.17) is 4.74 Å². The summed E-state index contributed by atoms with van der Waals surface area (Å²) in [6.07, 6.45) is 11.3. The molecule has 5 nitrogen and oxygen atoms in total. The lowest BCUT2D eigenvalue weighted by Gasteiger charge is -2.30. The average Bonchev–Trinajstić information content (AvgIpc) is 3.43. The van der Waals surface area contributed by atoms with Crippen LogP contribution in [-0.2, 0) is 4.79 Å². The summed E-state index contributed by atoms with van der Waals surface area (Å²) in [5.74, 6) is 1.50. The Hall–Kier alpha value is -2.14. The Kier molecular flexibility index (Phi) is 4.71. The second-order valence-corrected chi connectivity index (χ2v) is 8.82. The van der Waals surface area contributed by atoms with Crippen molar-refractivity contribution in [3.8, 4) is 5.75 Å². The highest BCUT2D eigenvalue weighted by atomic mass is 16.5. The van der Waals surface area contributed by atoms with E-state index < -0.39 is 0 Å². The van der Waals surface area contributed by atoms with Crippen LogP contribution in [0.5, 0.6) is 5.75 Å². The van der Waals surface area contributed by atoms with Crippen molar-refractivity contribution in [3.05, 3.63) is 36.7 Å². The second-order valence-electron chi connectivity index (χ2n) is 8.82. The fourth-order valence-electron chi connectivity index (χ4n) is 5.20. The van der Waals surface area contributed by atoms with Gasteiger partial charge in [0.2, 0.25) is 5.91 Å². The molecule has 0 radical (unpaired) electrons. The number of piperidine rings is 1. The van der Waals surface area contributed by atoms with Gasteiger partial charge in [0.05, 0.1) is 6.10 Å². The van der Waals surface area contributed by atoms with Crippen molar-refractivity contribution in [2.24, 2.45) is 11.3 Å². The zero-order chi connectivity index (χ0) is 19.0. The summed E-state index contributed by atoms with van der Waals surface area (Å²) < 4.78 is 6.32. The molecule has 28 heavy (non-hydrogen) atoms. The Bertz CT molecular complexity index is 849. The molecule has 2 aliphatic carbocycles. The third kappa shape index (κ3) is 3.48. The molecule has 1 unspecified atom stereocenters. The van der Waals surface area contributed by atoms with Crippen molar-refractivity contribution in [2.45, 2.75) is 57.1 Å². The predicted octanol–water partition coefficient (Wildman–Crippen LogP) is 3.43. The Morgan fingerprint density at radius 2 is 1.96 bits per heavy atom. The van der Waals surface area contributed by atoms with Crippen molar-refractivity contribution < 1.29 is 9.53 Å². The molecule has 5 heteroatoms. The van der Waals surface area contributed by atoms with E-state index in [1.807, 2.05) is 30.6 Å². The zero-order valence-corrected chi connectivity index (χ0v) is 16.3. The fraction of sp³-hybridized carbons (Fsp3) is 0.565. The predicted molar refractivity (Wildman–Crippen MR) is 109 cm³/mol. The van der Waals surface area contributed by atoms with Gasteiger partial charge in [0, 0.05) is 35.1 Å². The Morgan fingerprint density at radius 3 is 2.79 bits per heavy atom. The van der Waals surface area contributed by atoms with E-state index in [2.05, 4.69) is 21.7 Å². The lowest BCUT2D eigenvalue weighted by molar-refractivity contribution is -0.124. The van der Waals surface area contributed by atoms with Gasteiger partial charge in [0.15, 0.2) is 0 Å². The Labute approximate surface area is 166 Å². The molecule has 3 aliphatic rings. The van der Waals surface area contributed by atoms with E-state index in [0.29, 0.717) is 17.4 Å². The number of hydrogen-bond acceptors (Lipinski definition) is 4. The smallest absolute Gasteiger partial charge is 0.223 e. The number of ether oxygens (including phenoxy) is 1. The molecular weight excluding hydrogens is 350 g/mol. The van der Waals surface area contributed by atoms with E-state index in [9.17, 15) is 4.79 Å². The number of benzene rings is 1. The molecular formula is C23H29N3O2. The first-order chi connectivity index (χ1) is 13.7. The maximum atomic E-state index is 12.7. The highest BCUT2D eigenvalue weighted by molar-refractivity contribution is 5.87. The minimum atomic E-state index is 0.226. The molecule has 2 saturated carbocycles. The van der Waals surface area contributed by atoms with Crippen LogP contribution in [-0.4, -0.2) is 36.1 Å². The molecule has 2 heterocycles. The van der Waals surface area contributed by atoms with Crippen LogP contribution in [0.15, 0.2) is 36.7 Å². The van der Waals surface area contributed by atoms with E-state index >= 15 is 0 Å². The van der Waals surface area contributed by atoms with Gasteiger partial charge in [0.1, 0.15) is 5.75 Å². The zero-order valence-electron chi connectivity index (χ0n) is 16.3. The number of hydrogen-bond donors (Lipinski definition) is 2. The summed E-state index contributed by atoms with van der Waals surface area (Å²) in [7, 11) is 0. The molecule has 2 aromatic rings. The van der Waals surface area contributed by atoms with Crippen molar-refractivity contribution in [1.29, 1.82) is 0 Å². The van der Waals surface area contributed by atoms with Crippen molar-refractivity contribution in [3.63, 3.8) is 0 Å². The summed E-state index contributed by atoms with van der Waals surface area (Å²) in [5, 5.41) is 8.98. The molecule has 1 aromatic carbocycles. The first-order valence-corrected chi connectivity index (χ1v) is 10.7. The summed E-state index contributed by atoms with van der Waals surface area (Å²) >= 11 is 0. The van der Waals surface area contributed by atoms with Crippen LogP contribution in [0.3, 0.4) is 0 Å². The number of rotatable bonds is 4. The highest BCUT2D eigenvalue weighted by Gasteiger charge is 2.57. The molecule has 1 aliphatic heterocycles. The third-order valence-corrected chi connectivity index (χ3v) is 7.06. The molecule has 1 saturated heterocycles. The summed E-state index contributed by atoms with van der Waals surface area (Å²) in [6.45, 7) is 2.13. The van der Waals surface area contributed by atoms with Gasteiger partial charge < -0.3 is 15.4 Å². The van der Waals surface area contributed by atoms with E-state index in [1.165, 1.54) is 0 Å². The summed E-state index contributed by atoms with van der Waals surface area (Å²) in [5.41, 5.74) is 0.318. The number of amides is 1. The van der Waals surface area contributed by atoms with Crippen molar-refractivity contribution >= 4 is 16.7 Å². The Balaban J connectivity index is 1.13. The van der Waals surface area contributed by atoms with E-state index in [1.54, 1.807) is 0 Å². The maximum Gasteiger partial charge on any atom is 0.223 e. The minimum Gasteiger partial charge on any atom is -0.490 e. The van der Waals surface area contributed by atoms with Gasteiger partial charge >= 0.3 is 0 Å². The van der Waals surface area contributed by atoms with Gasteiger partial charge in [-0.25, -0.2) is 0 Å². The molecule has 1 atom stereocenters. The van der Waals surface area contributed by atoms with Gasteiger partial charge in [-0.2, -0.15) is 0 Å². The molecule has 5 rings (SSSR count). The van der Waals surface area contributed by atoms with Crippen LogP contribution in [0.1, 0.15) is 44.9 Å². The first-order valence-electron chi connectivity index (χ1n) is 10.7. The quantitative estimate of drug-likeness (QED) is 0.854. The van der Waals surface area contributed by atoms with E-state index in [-0.39, 0.29) is 12.0 Å². The van der Waals surface area contributed by atoms with Gasteiger partial charge in [0.25, 0.3) is 0 Å². The minimum absolute atomic E-state index is 0.226.